The molecule has 2 fully saturated rings. The summed E-state index contributed by atoms with van der Waals surface area (Å²) in [5.41, 5.74) is 3.08. The summed E-state index contributed by atoms with van der Waals surface area (Å²) in [6, 6.07) is 8.54. The number of amides is 1. The zero-order valence-electron chi connectivity index (χ0n) is 16.7. The smallest absolute Gasteiger partial charge is 0.257 e. The minimum absolute atomic E-state index is 0.0336. The number of nitrogens with zero attached hydrogens (tertiary/aromatic N) is 5. The molecule has 2 aliphatic rings. The van der Waals surface area contributed by atoms with Gasteiger partial charge in [-0.1, -0.05) is 25.0 Å². The first-order valence-corrected chi connectivity index (χ1v) is 10.4. The summed E-state index contributed by atoms with van der Waals surface area (Å²) in [5.74, 6) is 0.786. The Balaban J connectivity index is 1.36. The van der Waals surface area contributed by atoms with Crippen LogP contribution in [0.15, 0.2) is 36.7 Å². The van der Waals surface area contributed by atoms with Crippen LogP contribution < -0.4 is 9.80 Å². The summed E-state index contributed by atoms with van der Waals surface area (Å²) >= 11 is 0. The van der Waals surface area contributed by atoms with Gasteiger partial charge in [0.15, 0.2) is 0 Å². The van der Waals surface area contributed by atoms with E-state index in [-0.39, 0.29) is 5.91 Å². The van der Waals surface area contributed by atoms with E-state index in [0.717, 1.165) is 45.2 Å². The van der Waals surface area contributed by atoms with Crippen LogP contribution in [0.3, 0.4) is 0 Å². The lowest BCUT2D eigenvalue weighted by molar-refractivity contribution is 0.0746. The van der Waals surface area contributed by atoms with Crippen LogP contribution in [0, 0.1) is 6.92 Å². The third-order valence-corrected chi connectivity index (χ3v) is 5.71. The highest BCUT2D eigenvalue weighted by atomic mass is 16.2. The Bertz CT molecular complexity index is 791. The summed E-state index contributed by atoms with van der Waals surface area (Å²) < 4.78 is 0. The fourth-order valence-electron chi connectivity index (χ4n) is 4.04. The molecule has 0 radical (unpaired) electrons. The maximum absolute atomic E-state index is 12.9. The molecule has 0 aliphatic carbocycles. The standard InChI is InChI=1S/C22H29N5O/c1-18-7-6-8-20(15-18)25-11-13-26(14-12-25)21(28)19-16-23-22(24-17-19)27-9-4-2-3-5-10-27/h6-8,15-17H,2-5,9-14H2,1H3. The van der Waals surface area contributed by atoms with Crippen molar-refractivity contribution in [2.75, 3.05) is 49.1 Å². The van der Waals surface area contributed by atoms with Gasteiger partial charge in [-0.15, -0.1) is 0 Å². The minimum Gasteiger partial charge on any atom is -0.368 e. The quantitative estimate of drug-likeness (QED) is 0.820. The predicted molar refractivity (Wildman–Crippen MR) is 112 cm³/mol. The molecule has 6 nitrogen and oxygen atoms in total. The number of carbonyl (C=O) groups excluding carboxylic acids is 1. The van der Waals surface area contributed by atoms with Crippen molar-refractivity contribution in [1.82, 2.24) is 14.9 Å². The number of aryl methyl sites for hydroxylation is 1. The monoisotopic (exact) mass is 379 g/mol. The normalized spacial score (nSPS) is 18.1. The molecule has 0 atom stereocenters. The predicted octanol–water partition coefficient (Wildman–Crippen LogP) is 3.13. The van der Waals surface area contributed by atoms with Crippen molar-refractivity contribution in [3.8, 4) is 0 Å². The summed E-state index contributed by atoms with van der Waals surface area (Å²) in [6.45, 7) is 7.27. The summed E-state index contributed by atoms with van der Waals surface area (Å²) in [4.78, 5) is 28.3. The molecule has 2 aromatic rings. The Kier molecular flexibility index (Phi) is 5.74. The first-order chi connectivity index (χ1) is 13.7. The Morgan fingerprint density at radius 2 is 1.54 bits per heavy atom. The molecule has 0 saturated carbocycles. The van der Waals surface area contributed by atoms with E-state index in [1.54, 1.807) is 12.4 Å². The van der Waals surface area contributed by atoms with Crippen LogP contribution in [0.5, 0.6) is 0 Å². The molecule has 28 heavy (non-hydrogen) atoms. The van der Waals surface area contributed by atoms with Gasteiger partial charge in [-0.3, -0.25) is 4.79 Å². The number of rotatable bonds is 3. The van der Waals surface area contributed by atoms with Crippen molar-refractivity contribution in [3.05, 3.63) is 47.8 Å². The lowest BCUT2D eigenvalue weighted by Gasteiger charge is -2.36. The number of benzene rings is 1. The van der Waals surface area contributed by atoms with Gasteiger partial charge in [-0.25, -0.2) is 9.97 Å². The summed E-state index contributed by atoms with van der Waals surface area (Å²) in [7, 11) is 0. The molecule has 0 N–H and O–H groups in total. The number of hydrogen-bond acceptors (Lipinski definition) is 5. The van der Waals surface area contributed by atoms with Gasteiger partial charge < -0.3 is 14.7 Å². The molecule has 3 heterocycles. The van der Waals surface area contributed by atoms with Gasteiger partial charge >= 0.3 is 0 Å². The molecule has 1 aromatic heterocycles. The van der Waals surface area contributed by atoms with Crippen molar-refractivity contribution in [2.24, 2.45) is 0 Å². The van der Waals surface area contributed by atoms with Crippen LogP contribution in [0.25, 0.3) is 0 Å². The highest BCUT2D eigenvalue weighted by molar-refractivity contribution is 5.93. The molecule has 0 bridgehead atoms. The maximum atomic E-state index is 12.9. The van der Waals surface area contributed by atoms with Gasteiger partial charge in [0.25, 0.3) is 5.91 Å². The van der Waals surface area contributed by atoms with E-state index < -0.39 is 0 Å². The van der Waals surface area contributed by atoms with Crippen LogP contribution >= 0.6 is 0 Å². The number of piperazine rings is 1. The van der Waals surface area contributed by atoms with E-state index in [2.05, 4.69) is 51.0 Å². The third-order valence-electron chi connectivity index (χ3n) is 5.71. The van der Waals surface area contributed by atoms with Gasteiger partial charge in [-0.05, 0) is 37.5 Å². The van der Waals surface area contributed by atoms with Gasteiger partial charge in [-0.2, -0.15) is 0 Å². The highest BCUT2D eigenvalue weighted by Crippen LogP contribution is 2.19. The topological polar surface area (TPSA) is 52.6 Å². The number of carbonyl (C=O) groups is 1. The molecule has 1 amide bonds. The molecule has 4 rings (SSSR count). The second kappa shape index (κ2) is 8.59. The van der Waals surface area contributed by atoms with Crippen LogP contribution in [0.1, 0.15) is 41.6 Å². The van der Waals surface area contributed by atoms with E-state index in [1.807, 2.05) is 4.90 Å². The number of hydrogen-bond donors (Lipinski definition) is 0. The SMILES string of the molecule is Cc1cccc(N2CCN(C(=O)c3cnc(N4CCCCCC4)nc3)CC2)c1. The largest absolute Gasteiger partial charge is 0.368 e. The Morgan fingerprint density at radius 1 is 0.857 bits per heavy atom. The van der Waals surface area contributed by atoms with Crippen molar-refractivity contribution in [2.45, 2.75) is 32.6 Å². The second-order valence-corrected chi connectivity index (χ2v) is 7.79. The van der Waals surface area contributed by atoms with Crippen LogP contribution in [0.4, 0.5) is 11.6 Å². The first kappa shape index (κ1) is 18.7. The van der Waals surface area contributed by atoms with E-state index in [0.29, 0.717) is 5.56 Å². The minimum atomic E-state index is 0.0336. The van der Waals surface area contributed by atoms with Gasteiger partial charge in [0.2, 0.25) is 5.95 Å². The number of anilines is 2. The molecule has 6 heteroatoms. The highest BCUT2D eigenvalue weighted by Gasteiger charge is 2.23. The lowest BCUT2D eigenvalue weighted by atomic mass is 10.2. The Hall–Kier alpha value is -2.63. The average molecular weight is 380 g/mol. The fraction of sp³-hybridized carbons (Fsp3) is 0.500. The Morgan fingerprint density at radius 3 is 2.18 bits per heavy atom. The maximum Gasteiger partial charge on any atom is 0.257 e. The molecular formula is C22H29N5O. The summed E-state index contributed by atoms with van der Waals surface area (Å²) in [5, 5.41) is 0. The van der Waals surface area contributed by atoms with Crippen LogP contribution in [-0.4, -0.2) is 60.0 Å². The van der Waals surface area contributed by atoms with Crippen molar-refractivity contribution < 1.29 is 4.79 Å². The molecule has 0 spiro atoms. The molecule has 148 valence electrons. The molecule has 2 saturated heterocycles. The lowest BCUT2D eigenvalue weighted by Crippen LogP contribution is -2.48. The molecule has 1 aromatic carbocycles. The molecule has 0 unspecified atom stereocenters. The second-order valence-electron chi connectivity index (χ2n) is 7.79. The van der Waals surface area contributed by atoms with E-state index in [1.165, 1.54) is 36.9 Å². The van der Waals surface area contributed by atoms with Gasteiger partial charge in [0.05, 0.1) is 5.56 Å². The van der Waals surface area contributed by atoms with Gasteiger partial charge in [0, 0.05) is 57.3 Å². The van der Waals surface area contributed by atoms with Crippen molar-refractivity contribution in [3.63, 3.8) is 0 Å². The van der Waals surface area contributed by atoms with Crippen molar-refractivity contribution in [1.29, 1.82) is 0 Å². The zero-order valence-corrected chi connectivity index (χ0v) is 16.7. The van der Waals surface area contributed by atoms with Crippen LogP contribution in [-0.2, 0) is 0 Å². The summed E-state index contributed by atoms with van der Waals surface area (Å²) in [6.07, 6.45) is 8.33. The average Bonchev–Trinajstić information content (AvgIpc) is 3.03. The number of aromatic nitrogens is 2. The fourth-order valence-corrected chi connectivity index (χ4v) is 4.04. The zero-order chi connectivity index (χ0) is 19.3. The van der Waals surface area contributed by atoms with Gasteiger partial charge in [0.1, 0.15) is 0 Å². The van der Waals surface area contributed by atoms with E-state index >= 15 is 0 Å². The third kappa shape index (κ3) is 4.26. The Labute approximate surface area is 167 Å². The van der Waals surface area contributed by atoms with E-state index in [9.17, 15) is 4.79 Å². The van der Waals surface area contributed by atoms with Crippen LogP contribution in [0.2, 0.25) is 0 Å². The first-order valence-electron chi connectivity index (χ1n) is 10.4. The van der Waals surface area contributed by atoms with Crippen molar-refractivity contribution >= 4 is 17.5 Å². The molecule has 2 aliphatic heterocycles. The molecular weight excluding hydrogens is 350 g/mol. The van der Waals surface area contributed by atoms with E-state index in [4.69, 9.17) is 0 Å².